The van der Waals surface area contributed by atoms with Gasteiger partial charge in [0.15, 0.2) is 95.5 Å². The van der Waals surface area contributed by atoms with Crippen LogP contribution in [0.5, 0.6) is 0 Å². The highest BCUT2D eigenvalue weighted by molar-refractivity contribution is 14.1. The van der Waals surface area contributed by atoms with E-state index in [1.807, 2.05) is 22.6 Å². The van der Waals surface area contributed by atoms with E-state index in [0.29, 0.717) is 93.2 Å². The molecule has 15 heterocycles. The van der Waals surface area contributed by atoms with Crippen molar-refractivity contribution in [3.05, 3.63) is 107 Å². The summed E-state index contributed by atoms with van der Waals surface area (Å²) in [7, 11) is 0. The van der Waals surface area contributed by atoms with Gasteiger partial charge in [-0.3, -0.25) is 46.8 Å². The van der Waals surface area contributed by atoms with E-state index in [-0.39, 0.29) is 66.7 Å². The summed E-state index contributed by atoms with van der Waals surface area (Å²) in [6.07, 6.45) is 10.8. The lowest BCUT2D eigenvalue weighted by Crippen LogP contribution is -2.32. The Kier molecular flexibility index (Phi) is 32.6. The maximum atomic E-state index is 14.4. The number of hydrogen-bond acceptors (Lipinski definition) is 30. The number of halogens is 4. The highest BCUT2D eigenvalue weighted by Gasteiger charge is 2.51. The fraction of sp³-hybridized carbons (Fsp3) is 0.620. The van der Waals surface area contributed by atoms with Crippen molar-refractivity contribution in [2.24, 2.45) is 0 Å². The molecule has 40 nitrogen and oxygen atoms in total. The van der Waals surface area contributed by atoms with Crippen LogP contribution in [-0.2, 0) is 30.1 Å². The number of nitrogens with zero attached hydrogens (tertiary/aromatic N) is 15. The van der Waals surface area contributed by atoms with E-state index in [1.165, 1.54) is 9.13 Å². The first-order valence-electron chi connectivity index (χ1n) is 41.5. The maximum absolute atomic E-state index is 14.4. The number of unbranched alkanes of at least 4 members (excludes halogenated alkanes) is 1. The van der Waals surface area contributed by atoms with Gasteiger partial charge >= 0.3 is 0 Å². The van der Waals surface area contributed by atoms with E-state index in [4.69, 9.17) is 35.3 Å². The van der Waals surface area contributed by atoms with Gasteiger partial charge in [-0.25, -0.2) is 44.9 Å². The number of H-pyrrole nitrogens is 5. The van der Waals surface area contributed by atoms with E-state index < -0.39 is 174 Å². The lowest BCUT2D eigenvalue weighted by atomic mass is 10.1. The van der Waals surface area contributed by atoms with Crippen molar-refractivity contribution in [2.75, 3.05) is 97.5 Å². The van der Waals surface area contributed by atoms with Crippen molar-refractivity contribution in [1.29, 1.82) is 0 Å². The van der Waals surface area contributed by atoms with Gasteiger partial charge in [0.25, 0.3) is 33.9 Å². The molecule has 708 valence electrons. The predicted molar refractivity (Wildman–Crippen MR) is 515 cm³/mol. The van der Waals surface area contributed by atoms with Crippen LogP contribution < -0.4 is 27.8 Å². The number of fused-ring (bicyclic) bond motifs is 5. The molecule has 0 radical (unpaired) electrons. The van der Waals surface area contributed by atoms with Crippen LogP contribution in [0, 0.1) is 44.5 Å². The first-order valence-corrected chi connectivity index (χ1v) is 59.0. The van der Waals surface area contributed by atoms with Crippen molar-refractivity contribution in [3.8, 4) is 0 Å². The SMILES string of the molecule is C=P(C)(C)CC[C@H]1O[C@@H](n2c(Br)nc3c(=O)[nH]c(C)nc32)[C@H](O)[C@@H]1O.C=P(C)(C)CC[C@H]1O[C@@H](n2c(CCCC)nc3c(=O)[nH]c(C)nc32)[C@H](O)[C@@H]1O.C=P(C)(C)CC[C@H]1O[C@@H](n2c(Cl)nc3c(=O)[nH]c(C)nc32)[C@H](O)[C@@H]1O.C=P(C)(C)CC[C@H]1O[C@@H](n2c(F)nc3c(=O)[nH]c(C)nc32)[C@H](O)[C@@H]1O.C=P(C)(C)CC[C@H]1O[C@@H](n2c(I)nc3c(=O)[nH]c(C)nc32)[C@H](O)[C@@H]1O. The van der Waals surface area contributed by atoms with Gasteiger partial charge in [0.1, 0.15) is 96.0 Å². The van der Waals surface area contributed by atoms with Crippen LogP contribution in [0.25, 0.3) is 55.8 Å². The van der Waals surface area contributed by atoms with Gasteiger partial charge in [0, 0.05) is 29.0 Å². The Bertz CT molecular complexity index is 5720. The highest BCUT2D eigenvalue weighted by Crippen LogP contribution is 2.47. The van der Waals surface area contributed by atoms with E-state index in [9.17, 15) is 79.4 Å². The second-order valence-electron chi connectivity index (χ2n) is 36.6. The van der Waals surface area contributed by atoms with Gasteiger partial charge in [-0.05, 0) is 198 Å². The Labute approximate surface area is 763 Å². The van der Waals surface area contributed by atoms with Crippen molar-refractivity contribution < 1.29 is 79.1 Å². The van der Waals surface area contributed by atoms with E-state index in [2.05, 4.69) is 196 Å². The van der Waals surface area contributed by atoms with Gasteiger partial charge in [0.05, 0.1) is 30.5 Å². The predicted octanol–water partition coefficient (Wildman–Crippen LogP) is 4.23. The first kappa shape index (κ1) is 103. The molecule has 0 spiro atoms. The smallest absolute Gasteiger partial charge is 0.293 e. The largest absolute Gasteiger partial charge is 0.388 e. The normalized spacial score (nSPS) is 26.9. The molecule has 20 atom stereocenters. The van der Waals surface area contributed by atoms with Crippen LogP contribution in [0.3, 0.4) is 0 Å². The molecule has 5 fully saturated rings. The molecule has 0 bridgehead atoms. The molecular formula is C79H119BrClFIN20O20P5. The summed E-state index contributed by atoms with van der Waals surface area (Å²) in [5.41, 5.74) is -0.347. The number of aromatic amines is 5. The number of ether oxygens (including phenoxy) is 5. The summed E-state index contributed by atoms with van der Waals surface area (Å²) in [6.45, 7) is 24.9. The number of aryl methyl sites for hydroxylation is 6. The van der Waals surface area contributed by atoms with Crippen LogP contribution in [0.4, 0.5) is 4.39 Å². The number of aromatic nitrogens is 20. The molecule has 49 heteroatoms. The molecule has 0 aliphatic carbocycles. The summed E-state index contributed by atoms with van der Waals surface area (Å²) in [4.78, 5) is 115. The fourth-order valence-corrected chi connectivity index (χ4v) is 21.7. The molecule has 0 unspecified atom stereocenters. The van der Waals surface area contributed by atoms with E-state index in [0.717, 1.165) is 48.2 Å². The number of aliphatic hydroxyl groups is 10. The Balaban J connectivity index is 0.000000155. The van der Waals surface area contributed by atoms with Gasteiger partial charge in [-0.15, -0.1) is 65.9 Å². The van der Waals surface area contributed by atoms with E-state index >= 15 is 0 Å². The molecule has 10 aromatic heterocycles. The Hall–Kier alpha value is -5.92. The molecule has 0 amide bonds. The minimum absolute atomic E-state index is 0.0272. The van der Waals surface area contributed by atoms with Crippen LogP contribution in [-0.4, -0.2) is 369 Å². The Morgan fingerprint density at radius 3 is 0.953 bits per heavy atom. The third-order valence-corrected chi connectivity index (χ3v) is 31.0. The molecule has 5 aliphatic heterocycles. The second-order valence-corrected chi connectivity index (χ2v) is 60.2. The summed E-state index contributed by atoms with van der Waals surface area (Å²) in [6, 6.07) is 0. The van der Waals surface area contributed by atoms with Crippen molar-refractivity contribution in [1.82, 2.24) is 97.6 Å². The van der Waals surface area contributed by atoms with Crippen molar-refractivity contribution >= 4 is 172 Å². The Morgan fingerprint density at radius 1 is 0.375 bits per heavy atom. The highest BCUT2D eigenvalue weighted by atomic mass is 127. The average molecular weight is 2090 g/mol. The molecule has 0 saturated carbocycles. The number of nitrogens with one attached hydrogen (secondary N) is 5. The molecule has 128 heavy (non-hydrogen) atoms. The lowest BCUT2D eigenvalue weighted by molar-refractivity contribution is -0.0413. The number of imidazole rings is 5. The fourth-order valence-electron chi connectivity index (χ4n) is 15.4. The molecule has 15 N–H and O–H groups in total. The van der Waals surface area contributed by atoms with Gasteiger partial charge in [-0.1, -0.05) is 13.3 Å². The summed E-state index contributed by atoms with van der Waals surface area (Å²) in [5.74, 6) is 2.66. The third kappa shape index (κ3) is 23.7. The quantitative estimate of drug-likeness (QED) is 0.0242. The van der Waals surface area contributed by atoms with Crippen LogP contribution in [0.15, 0.2) is 28.7 Å². The van der Waals surface area contributed by atoms with Gasteiger partial charge in [0.2, 0.25) is 5.28 Å². The molecule has 0 aromatic carbocycles. The lowest BCUT2D eigenvalue weighted by Gasteiger charge is -2.20. The Morgan fingerprint density at radius 2 is 0.625 bits per heavy atom. The third-order valence-electron chi connectivity index (χ3n) is 22.1. The van der Waals surface area contributed by atoms with Crippen LogP contribution >= 0.6 is 84.6 Å². The second kappa shape index (κ2) is 40.7. The topological polar surface area (TPSA) is 566 Å². The minimum atomic E-state index is -1.36. The number of hydrogen-bond donors (Lipinski definition) is 15. The van der Waals surface area contributed by atoms with Crippen molar-refractivity contribution in [2.45, 2.75) is 216 Å². The molecular weight excluding hydrogens is 1970 g/mol. The monoisotopic (exact) mass is 2080 g/mol. The summed E-state index contributed by atoms with van der Waals surface area (Å²) >= 11 is 11.4. The standard InChI is InChI=1S/C19H31N4O4P.C15H22BrN4O4P.C15H22ClN4O4P.C15H22FN4O4P.C15H22IN4O4P/c1-6-7-8-13-22-14-17(20-11(2)21-18(14)26)23(13)19-16(25)15(24)12(27-19)9-10-28(3,4)5;4*1-7-17-12-9(13(23)18-7)19-15(16)20(12)14-11(22)10(21)8(24-14)5-6-25(2,3)4/h12,15-16,19,24-25H,3,6-10H2,1-2,4-5H3,(H,20,21,26);4*8,10-11,14,21-22H,2,5-6H2,1,3-4H3,(H,17,18,23)/t12-,15-,16-,19-;4*8-,10-,11-,14-/m11111/s1. The minimum Gasteiger partial charge on any atom is -0.388 e. The van der Waals surface area contributed by atoms with Crippen molar-refractivity contribution in [3.63, 3.8) is 0 Å². The molecule has 5 saturated heterocycles. The van der Waals surface area contributed by atoms with Crippen LogP contribution in [0.2, 0.25) is 5.28 Å². The zero-order valence-electron chi connectivity index (χ0n) is 74.3. The zero-order valence-corrected chi connectivity index (χ0v) is 83.3. The summed E-state index contributed by atoms with van der Waals surface area (Å²) < 4.78 is 51.8. The molecule has 15 rings (SSSR count). The average Bonchev–Trinajstić information content (AvgIpc) is 1.59. The van der Waals surface area contributed by atoms with Gasteiger partial charge in [-0.2, -0.15) is 9.37 Å². The van der Waals surface area contributed by atoms with Gasteiger partial charge < -0.3 is 99.7 Å². The molecule has 5 aliphatic rings. The zero-order chi connectivity index (χ0) is 94.7. The number of aliphatic hydroxyl groups excluding tert-OH is 10. The molecule has 10 aromatic rings. The number of rotatable bonds is 23. The van der Waals surface area contributed by atoms with E-state index in [1.54, 1.807) is 43.8 Å². The first-order chi connectivity index (χ1) is 59.4. The van der Waals surface area contributed by atoms with Crippen LogP contribution in [0.1, 0.15) is 118 Å². The maximum Gasteiger partial charge on any atom is 0.293 e. The summed E-state index contributed by atoms with van der Waals surface area (Å²) in [5, 5.41) is 104.